The van der Waals surface area contributed by atoms with Crippen molar-refractivity contribution in [3.8, 4) is 17.6 Å². The predicted molar refractivity (Wildman–Crippen MR) is 84.8 cm³/mol. The summed E-state index contributed by atoms with van der Waals surface area (Å²) in [6, 6.07) is 5.83. The first kappa shape index (κ1) is 19.7. The number of ether oxygens (including phenoxy) is 1. The summed E-state index contributed by atoms with van der Waals surface area (Å²) in [6.45, 7) is 6.86. The molecule has 5 nitrogen and oxygen atoms in total. The molecule has 26 heavy (non-hydrogen) atoms. The average molecular weight is 449 g/mol. The Morgan fingerprint density at radius 1 is 1.23 bits per heavy atom. The first-order valence-electron chi connectivity index (χ1n) is 6.41. The number of sulfone groups is 1. The minimum Gasteiger partial charge on any atom is -0.457 e. The lowest BCUT2D eigenvalue weighted by Crippen LogP contribution is -2.24. The zero-order valence-electron chi connectivity index (χ0n) is 12.3. The maximum Gasteiger partial charge on any atom is 0.501 e. The summed E-state index contributed by atoms with van der Waals surface area (Å²) in [5, 5.41) is 9.08. The first-order chi connectivity index (χ1) is 12.0. The molecule has 0 aromatic heterocycles. The number of nitrogens with zero attached hydrogens (tertiary/aromatic N) is 2. The lowest BCUT2D eigenvalue weighted by Gasteiger charge is -2.14. The monoisotopic (exact) mass is 448 g/mol. The minimum atomic E-state index is -5.76. The van der Waals surface area contributed by atoms with Crippen molar-refractivity contribution in [2.75, 3.05) is 0 Å². The number of alkyl halides is 3. The highest BCUT2D eigenvalue weighted by Crippen LogP contribution is 2.40. The van der Waals surface area contributed by atoms with E-state index in [9.17, 15) is 26.0 Å². The fraction of sp³-hybridized carbons (Fsp3) is 0.0667. The third kappa shape index (κ3) is 3.64. The Labute approximate surface area is 153 Å². The molecule has 0 atom stereocenters. The second kappa shape index (κ2) is 6.94. The van der Waals surface area contributed by atoms with Crippen LogP contribution in [0.2, 0.25) is 0 Å². The van der Waals surface area contributed by atoms with Gasteiger partial charge in [0.1, 0.15) is 23.4 Å². The molecule has 0 fully saturated rings. The lowest BCUT2D eigenvalue weighted by atomic mass is 10.2. The topological polar surface area (TPSA) is 71.5 Å². The first-order valence-corrected chi connectivity index (χ1v) is 8.68. The van der Waals surface area contributed by atoms with Crippen LogP contribution in [0.25, 0.3) is 4.85 Å². The maximum atomic E-state index is 13.4. The summed E-state index contributed by atoms with van der Waals surface area (Å²) in [5.74, 6) is -1.18. The molecule has 0 radical (unpaired) electrons. The van der Waals surface area contributed by atoms with E-state index in [1.54, 1.807) is 0 Å². The quantitative estimate of drug-likeness (QED) is 0.483. The standard InChI is InChI=1S/C15H5BrF4N2O3S/c1-22-9-4-8(17)5-10(6-9)25-12-2-3-13(11(7-21)14(12)16)26(23,24)15(18,19)20/h2-6H. The SMILES string of the molecule is [C-]#[N+]c1cc(F)cc(Oc2ccc(S(=O)(=O)C(F)(F)F)c(C#N)c2Br)c1. The zero-order valence-corrected chi connectivity index (χ0v) is 14.7. The average Bonchev–Trinajstić information content (AvgIpc) is 2.54. The Bertz CT molecular complexity index is 1070. The number of hydrogen-bond donors (Lipinski definition) is 0. The zero-order chi connectivity index (χ0) is 19.7. The molecular formula is C15H5BrF4N2O3S. The van der Waals surface area contributed by atoms with Gasteiger partial charge in [-0.1, -0.05) is 0 Å². The van der Waals surface area contributed by atoms with Crippen LogP contribution in [0.1, 0.15) is 5.56 Å². The summed E-state index contributed by atoms with van der Waals surface area (Å²) in [5.41, 5.74) is -6.50. The van der Waals surface area contributed by atoms with Crippen molar-refractivity contribution >= 4 is 31.5 Å². The molecule has 2 aromatic carbocycles. The Hall–Kier alpha value is -2.63. The van der Waals surface area contributed by atoms with E-state index in [0.717, 1.165) is 24.3 Å². The molecule has 0 aliphatic rings. The number of nitriles is 1. The van der Waals surface area contributed by atoms with Gasteiger partial charge in [0.2, 0.25) is 0 Å². The molecule has 11 heteroatoms. The molecule has 0 N–H and O–H groups in total. The van der Waals surface area contributed by atoms with Crippen molar-refractivity contribution in [2.45, 2.75) is 10.4 Å². The molecule has 0 saturated heterocycles. The van der Waals surface area contributed by atoms with Gasteiger partial charge in [0.05, 0.1) is 21.5 Å². The van der Waals surface area contributed by atoms with Gasteiger partial charge in [-0.3, -0.25) is 0 Å². The van der Waals surface area contributed by atoms with Crippen LogP contribution in [-0.4, -0.2) is 13.9 Å². The van der Waals surface area contributed by atoms with Gasteiger partial charge in [-0.25, -0.2) is 17.7 Å². The summed E-state index contributed by atoms with van der Waals surface area (Å²) >= 11 is 2.83. The van der Waals surface area contributed by atoms with E-state index in [4.69, 9.17) is 16.6 Å². The molecule has 0 aliphatic heterocycles. The van der Waals surface area contributed by atoms with Crippen molar-refractivity contribution in [2.24, 2.45) is 0 Å². The fourth-order valence-electron chi connectivity index (χ4n) is 1.87. The van der Waals surface area contributed by atoms with E-state index in [1.807, 2.05) is 0 Å². The molecule has 0 heterocycles. The van der Waals surface area contributed by atoms with Crippen LogP contribution in [0.4, 0.5) is 23.2 Å². The predicted octanol–water partition coefficient (Wildman–Crippen LogP) is 5.10. The van der Waals surface area contributed by atoms with Crippen LogP contribution >= 0.6 is 15.9 Å². The van der Waals surface area contributed by atoms with Gasteiger partial charge in [0.15, 0.2) is 5.69 Å². The molecule has 2 aromatic rings. The third-order valence-electron chi connectivity index (χ3n) is 2.99. The Balaban J connectivity index is 2.57. The molecule has 0 aliphatic carbocycles. The summed E-state index contributed by atoms with van der Waals surface area (Å²) in [4.78, 5) is 1.78. The highest BCUT2D eigenvalue weighted by atomic mass is 79.9. The van der Waals surface area contributed by atoms with E-state index >= 15 is 0 Å². The van der Waals surface area contributed by atoms with E-state index in [2.05, 4.69) is 20.8 Å². The Morgan fingerprint density at radius 2 is 1.88 bits per heavy atom. The van der Waals surface area contributed by atoms with Gasteiger partial charge in [0.25, 0.3) is 9.84 Å². The van der Waals surface area contributed by atoms with Crippen LogP contribution in [-0.2, 0) is 9.84 Å². The smallest absolute Gasteiger partial charge is 0.457 e. The molecule has 134 valence electrons. The Kier molecular flexibility index (Phi) is 5.26. The lowest BCUT2D eigenvalue weighted by molar-refractivity contribution is -0.0436. The normalized spacial score (nSPS) is 11.5. The molecular weight excluding hydrogens is 444 g/mol. The van der Waals surface area contributed by atoms with Crippen molar-refractivity contribution < 1.29 is 30.7 Å². The third-order valence-corrected chi connectivity index (χ3v) is 5.30. The molecule has 0 saturated carbocycles. The fourth-order valence-corrected chi connectivity index (χ4v) is 3.43. The molecule has 2 rings (SSSR count). The second-order valence-corrected chi connectivity index (χ2v) is 7.37. The maximum absolute atomic E-state index is 13.4. The molecule has 0 spiro atoms. The van der Waals surface area contributed by atoms with Crippen molar-refractivity contribution in [1.29, 1.82) is 5.26 Å². The van der Waals surface area contributed by atoms with Crippen LogP contribution in [0.5, 0.6) is 11.5 Å². The van der Waals surface area contributed by atoms with Gasteiger partial charge in [-0.15, -0.1) is 0 Å². The number of halogens is 5. The van der Waals surface area contributed by atoms with E-state index in [1.165, 1.54) is 6.07 Å². The molecule has 0 bridgehead atoms. The number of benzene rings is 2. The number of rotatable bonds is 3. The van der Waals surface area contributed by atoms with Gasteiger partial charge in [-0.05, 0) is 40.2 Å². The summed E-state index contributed by atoms with van der Waals surface area (Å²) < 4.78 is 79.6. The van der Waals surface area contributed by atoms with Crippen LogP contribution in [0.3, 0.4) is 0 Å². The summed E-state index contributed by atoms with van der Waals surface area (Å²) in [7, 11) is -5.76. The highest BCUT2D eigenvalue weighted by Gasteiger charge is 2.48. The highest BCUT2D eigenvalue weighted by molar-refractivity contribution is 9.10. The number of hydrogen-bond acceptors (Lipinski definition) is 4. The van der Waals surface area contributed by atoms with Crippen LogP contribution in [0.15, 0.2) is 39.7 Å². The second-order valence-electron chi connectivity index (χ2n) is 4.67. The summed E-state index contributed by atoms with van der Waals surface area (Å²) in [6.07, 6.45) is 0. The van der Waals surface area contributed by atoms with Crippen molar-refractivity contribution in [1.82, 2.24) is 0 Å². The molecule has 0 unspecified atom stereocenters. The van der Waals surface area contributed by atoms with Gasteiger partial charge in [0, 0.05) is 6.07 Å². The van der Waals surface area contributed by atoms with E-state index < -0.39 is 31.6 Å². The van der Waals surface area contributed by atoms with E-state index in [0.29, 0.717) is 6.07 Å². The Morgan fingerprint density at radius 3 is 2.42 bits per heavy atom. The van der Waals surface area contributed by atoms with Gasteiger partial charge >= 0.3 is 5.51 Å². The van der Waals surface area contributed by atoms with Crippen LogP contribution in [0, 0.1) is 23.7 Å². The van der Waals surface area contributed by atoms with E-state index in [-0.39, 0.29) is 21.7 Å². The van der Waals surface area contributed by atoms with Gasteiger partial charge in [-0.2, -0.15) is 18.4 Å². The largest absolute Gasteiger partial charge is 0.501 e. The van der Waals surface area contributed by atoms with Crippen molar-refractivity contribution in [3.63, 3.8) is 0 Å². The van der Waals surface area contributed by atoms with Crippen LogP contribution < -0.4 is 4.74 Å². The van der Waals surface area contributed by atoms with Gasteiger partial charge < -0.3 is 4.74 Å². The van der Waals surface area contributed by atoms with Crippen molar-refractivity contribution in [3.05, 3.63) is 57.6 Å². The minimum absolute atomic E-state index is 0.0899. The molecule has 0 amide bonds.